The summed E-state index contributed by atoms with van der Waals surface area (Å²) in [6, 6.07) is 3.76. The summed E-state index contributed by atoms with van der Waals surface area (Å²) < 4.78 is 77.0. The van der Waals surface area contributed by atoms with Crippen LogP contribution in [-0.4, -0.2) is 33.5 Å². The van der Waals surface area contributed by atoms with E-state index < -0.39 is 41.8 Å². The Bertz CT molecular complexity index is 1230. The Morgan fingerprint density at radius 1 is 1.25 bits per heavy atom. The third-order valence-corrected chi connectivity index (χ3v) is 6.26. The molecule has 3 atom stereocenters. The van der Waals surface area contributed by atoms with Gasteiger partial charge in [-0.1, -0.05) is 12.1 Å². The van der Waals surface area contributed by atoms with Gasteiger partial charge in [-0.2, -0.15) is 13.2 Å². The maximum Gasteiger partial charge on any atom is 0.419 e. The van der Waals surface area contributed by atoms with E-state index in [1.807, 2.05) is 0 Å². The number of anilines is 1. The summed E-state index contributed by atoms with van der Waals surface area (Å²) in [5, 5.41) is 13.7. The molecule has 1 aromatic heterocycles. The first-order chi connectivity index (χ1) is 15.1. The van der Waals surface area contributed by atoms with Gasteiger partial charge in [0.15, 0.2) is 17.2 Å². The summed E-state index contributed by atoms with van der Waals surface area (Å²) in [5.74, 6) is -2.41. The third kappa shape index (κ3) is 3.00. The molecule has 0 amide bonds. The predicted molar refractivity (Wildman–Crippen MR) is 105 cm³/mol. The Labute approximate surface area is 179 Å². The van der Waals surface area contributed by atoms with Crippen LogP contribution in [0.4, 0.5) is 27.6 Å². The molecule has 0 spiro atoms. The van der Waals surface area contributed by atoms with Crippen LogP contribution in [0.5, 0.6) is 5.75 Å². The predicted octanol–water partition coefficient (Wildman–Crippen LogP) is 4.93. The van der Waals surface area contributed by atoms with Crippen molar-refractivity contribution in [2.75, 3.05) is 11.9 Å². The number of hydrogen-bond acceptors (Lipinski definition) is 5. The van der Waals surface area contributed by atoms with Gasteiger partial charge in [0.05, 0.1) is 12.6 Å². The Balaban J connectivity index is 1.72. The Hall–Kier alpha value is -3.01. The Kier molecular flexibility index (Phi) is 4.56. The van der Waals surface area contributed by atoms with E-state index in [2.05, 4.69) is 15.3 Å². The number of aryl methyl sites for hydroxylation is 1. The zero-order chi connectivity index (χ0) is 22.8. The van der Waals surface area contributed by atoms with Crippen LogP contribution < -0.4 is 10.1 Å². The summed E-state index contributed by atoms with van der Waals surface area (Å²) >= 11 is 0. The van der Waals surface area contributed by atoms with E-state index in [0.29, 0.717) is 17.7 Å². The summed E-state index contributed by atoms with van der Waals surface area (Å²) in [6.07, 6.45) is -4.03. The number of aromatic nitrogens is 2. The lowest BCUT2D eigenvalue weighted by Crippen LogP contribution is -2.56. The molecule has 0 saturated carbocycles. The van der Waals surface area contributed by atoms with E-state index >= 15 is 0 Å². The lowest BCUT2D eigenvalue weighted by Gasteiger charge is -2.47. The maximum atomic E-state index is 14.3. The minimum Gasteiger partial charge on any atom is -0.493 e. The third-order valence-electron chi connectivity index (χ3n) is 6.26. The first kappa shape index (κ1) is 20.9. The smallest absolute Gasteiger partial charge is 0.419 e. The van der Waals surface area contributed by atoms with E-state index in [0.717, 1.165) is 6.07 Å². The van der Waals surface area contributed by atoms with Crippen LogP contribution in [0.2, 0.25) is 0 Å². The number of aliphatic hydroxyl groups is 1. The number of benzene rings is 2. The first-order valence-corrected chi connectivity index (χ1v) is 10.0. The Morgan fingerprint density at radius 2 is 2.03 bits per heavy atom. The molecule has 1 aliphatic carbocycles. The molecule has 1 aliphatic heterocycles. The fourth-order valence-electron chi connectivity index (χ4n) is 4.75. The van der Waals surface area contributed by atoms with Crippen molar-refractivity contribution in [3.05, 3.63) is 59.0 Å². The molecule has 2 heterocycles. The van der Waals surface area contributed by atoms with Gasteiger partial charge in [-0.3, -0.25) is 0 Å². The van der Waals surface area contributed by atoms with Crippen LogP contribution in [0.3, 0.4) is 0 Å². The molecule has 10 heteroatoms. The zero-order valence-corrected chi connectivity index (χ0v) is 16.8. The maximum absolute atomic E-state index is 14.3. The molecule has 2 N–H and O–H groups in total. The molecular weight excluding hydrogens is 433 g/mol. The van der Waals surface area contributed by atoms with Crippen molar-refractivity contribution >= 4 is 16.6 Å². The standard InChI is InChI=1S/C22H18F5N3O2/c1-10-28-9-13-15(7-14(23)18(24)19(13)29-10)30-20-12-3-2-4-16-17(12)11(5-6-32-16)8-21(20,31)22(25,26)27/h2-4,7,9,11,20,30-31H,5-6,8H2,1H3. The molecule has 0 radical (unpaired) electrons. The van der Waals surface area contributed by atoms with E-state index in [-0.39, 0.29) is 34.6 Å². The molecule has 5 nitrogen and oxygen atoms in total. The fourth-order valence-corrected chi connectivity index (χ4v) is 4.75. The average molecular weight is 451 g/mol. The highest BCUT2D eigenvalue weighted by atomic mass is 19.4. The van der Waals surface area contributed by atoms with Gasteiger partial charge in [-0.05, 0) is 37.3 Å². The second kappa shape index (κ2) is 6.99. The zero-order valence-electron chi connectivity index (χ0n) is 16.8. The summed E-state index contributed by atoms with van der Waals surface area (Å²) in [5.41, 5.74) is -2.88. The molecule has 0 saturated heterocycles. The number of ether oxygens (including phenoxy) is 1. The highest BCUT2D eigenvalue weighted by Gasteiger charge is 2.62. The van der Waals surface area contributed by atoms with Gasteiger partial charge in [0.25, 0.3) is 0 Å². The monoisotopic (exact) mass is 451 g/mol. The van der Waals surface area contributed by atoms with Gasteiger partial charge < -0.3 is 15.2 Å². The highest BCUT2D eigenvalue weighted by molar-refractivity contribution is 5.91. The van der Waals surface area contributed by atoms with Crippen molar-refractivity contribution in [1.29, 1.82) is 0 Å². The number of halogens is 5. The van der Waals surface area contributed by atoms with E-state index in [4.69, 9.17) is 4.74 Å². The van der Waals surface area contributed by atoms with Gasteiger partial charge in [-0.15, -0.1) is 0 Å². The second-order valence-electron chi connectivity index (χ2n) is 8.20. The van der Waals surface area contributed by atoms with E-state index in [9.17, 15) is 27.1 Å². The molecule has 2 aromatic carbocycles. The Morgan fingerprint density at radius 3 is 2.78 bits per heavy atom. The van der Waals surface area contributed by atoms with Crippen LogP contribution in [0.1, 0.15) is 41.8 Å². The second-order valence-corrected chi connectivity index (χ2v) is 8.20. The van der Waals surface area contributed by atoms with Crippen LogP contribution in [0.25, 0.3) is 10.9 Å². The van der Waals surface area contributed by atoms with Gasteiger partial charge in [0.2, 0.25) is 0 Å². The van der Waals surface area contributed by atoms with Crippen LogP contribution in [-0.2, 0) is 0 Å². The summed E-state index contributed by atoms with van der Waals surface area (Å²) in [7, 11) is 0. The molecule has 0 fully saturated rings. The van der Waals surface area contributed by atoms with Gasteiger partial charge in [-0.25, -0.2) is 18.7 Å². The highest BCUT2D eigenvalue weighted by Crippen LogP contribution is 2.56. The molecule has 32 heavy (non-hydrogen) atoms. The molecule has 3 aromatic rings. The molecule has 0 bridgehead atoms. The minimum atomic E-state index is -4.99. The van der Waals surface area contributed by atoms with Crippen molar-refractivity contribution < 1.29 is 31.8 Å². The van der Waals surface area contributed by atoms with Gasteiger partial charge in [0.1, 0.15) is 17.1 Å². The molecule has 3 unspecified atom stereocenters. The van der Waals surface area contributed by atoms with Crippen molar-refractivity contribution in [3.63, 3.8) is 0 Å². The van der Waals surface area contributed by atoms with Crippen LogP contribution in [0, 0.1) is 18.6 Å². The average Bonchev–Trinajstić information content (AvgIpc) is 2.73. The van der Waals surface area contributed by atoms with Gasteiger partial charge >= 0.3 is 6.18 Å². The van der Waals surface area contributed by atoms with Crippen LogP contribution >= 0.6 is 0 Å². The SMILES string of the molecule is Cc1ncc2c(NC3c4cccc5c4C(CCO5)CC3(O)C(F)(F)F)cc(F)c(F)c2n1. The number of fused-ring (bicyclic) bond motifs is 1. The van der Waals surface area contributed by atoms with Crippen molar-refractivity contribution in [1.82, 2.24) is 9.97 Å². The van der Waals surface area contributed by atoms with E-state index in [1.165, 1.54) is 19.2 Å². The largest absolute Gasteiger partial charge is 0.493 e. The van der Waals surface area contributed by atoms with Gasteiger partial charge in [0, 0.05) is 28.9 Å². The van der Waals surface area contributed by atoms with Crippen molar-refractivity contribution in [2.24, 2.45) is 0 Å². The number of hydrogen-bond donors (Lipinski definition) is 2. The molecule has 5 rings (SSSR count). The lowest BCUT2D eigenvalue weighted by atomic mass is 9.68. The normalized spacial score (nSPS) is 24.7. The number of rotatable bonds is 2. The summed E-state index contributed by atoms with van der Waals surface area (Å²) in [6.45, 7) is 1.73. The fraction of sp³-hybridized carbons (Fsp3) is 0.364. The number of nitrogens with zero attached hydrogens (tertiary/aromatic N) is 2. The topological polar surface area (TPSA) is 67.3 Å². The van der Waals surface area contributed by atoms with Crippen LogP contribution in [0.15, 0.2) is 30.5 Å². The summed E-state index contributed by atoms with van der Waals surface area (Å²) in [4.78, 5) is 7.86. The number of nitrogens with one attached hydrogen (secondary N) is 1. The van der Waals surface area contributed by atoms with Crippen molar-refractivity contribution in [3.8, 4) is 5.75 Å². The quantitative estimate of drug-likeness (QED) is 0.541. The molecule has 2 aliphatic rings. The molecule has 168 valence electrons. The number of alkyl halides is 3. The molecular formula is C22H18F5N3O2. The van der Waals surface area contributed by atoms with E-state index in [1.54, 1.807) is 12.1 Å². The van der Waals surface area contributed by atoms with Crippen molar-refractivity contribution in [2.45, 2.75) is 43.5 Å². The first-order valence-electron chi connectivity index (χ1n) is 10.0. The lowest BCUT2D eigenvalue weighted by molar-refractivity contribution is -0.273. The minimum absolute atomic E-state index is 0.00203.